The van der Waals surface area contributed by atoms with Crippen molar-refractivity contribution in [1.29, 1.82) is 0 Å². The summed E-state index contributed by atoms with van der Waals surface area (Å²) in [7, 11) is 1.29. The average Bonchev–Trinajstić information content (AvgIpc) is 2.36. The minimum atomic E-state index is -0.428. The number of rotatable bonds is 2. The maximum absolute atomic E-state index is 13.1. The topological polar surface area (TPSA) is 69.4 Å². The van der Waals surface area contributed by atoms with Crippen LogP contribution in [0.4, 0.5) is 4.39 Å². The van der Waals surface area contributed by atoms with E-state index in [1.807, 2.05) is 13.8 Å². The lowest BCUT2D eigenvalue weighted by atomic mass is 10.1. The fourth-order valence-corrected chi connectivity index (χ4v) is 1.02. The van der Waals surface area contributed by atoms with Crippen molar-refractivity contribution in [1.82, 2.24) is 0 Å². The van der Waals surface area contributed by atoms with Crippen LogP contribution in [0.3, 0.4) is 0 Å². The zero-order valence-electron chi connectivity index (χ0n) is 11.2. The van der Waals surface area contributed by atoms with E-state index in [1.165, 1.54) is 13.2 Å². The molecule has 0 fully saturated rings. The molecule has 2 N–H and O–H groups in total. The molecule has 0 unspecified atom stereocenters. The highest BCUT2D eigenvalue weighted by Gasteiger charge is 2.07. The molecule has 0 aliphatic carbocycles. The van der Waals surface area contributed by atoms with Gasteiger partial charge in [0.25, 0.3) is 0 Å². The molecule has 0 spiro atoms. The first-order valence-electron chi connectivity index (χ1n) is 5.52. The van der Waals surface area contributed by atoms with Gasteiger partial charge in [0.05, 0.1) is 13.5 Å². The van der Waals surface area contributed by atoms with Crippen LogP contribution in [-0.4, -0.2) is 19.5 Å². The molecular formula is C13H20FNO3. The SMILES string of the molecule is CC.COC(=O)Cc1ccc(C)cc1F.NC=O. The van der Waals surface area contributed by atoms with Gasteiger partial charge in [0.15, 0.2) is 0 Å². The van der Waals surface area contributed by atoms with Crippen molar-refractivity contribution in [2.75, 3.05) is 7.11 Å². The summed E-state index contributed by atoms with van der Waals surface area (Å²) in [5.74, 6) is -0.784. The van der Waals surface area contributed by atoms with E-state index in [9.17, 15) is 9.18 Å². The van der Waals surface area contributed by atoms with Crippen molar-refractivity contribution in [2.24, 2.45) is 5.73 Å². The summed E-state index contributed by atoms with van der Waals surface area (Å²) in [6, 6.07) is 4.77. The highest BCUT2D eigenvalue weighted by molar-refractivity contribution is 5.72. The number of ether oxygens (including phenoxy) is 1. The molecule has 0 heterocycles. The number of carbonyl (C=O) groups is 2. The monoisotopic (exact) mass is 257 g/mol. The van der Waals surface area contributed by atoms with Crippen LogP contribution in [0.5, 0.6) is 0 Å². The Bertz CT molecular complexity index is 367. The highest BCUT2D eigenvalue weighted by atomic mass is 19.1. The largest absolute Gasteiger partial charge is 0.469 e. The number of halogens is 1. The van der Waals surface area contributed by atoms with Crippen LogP contribution in [0, 0.1) is 12.7 Å². The lowest BCUT2D eigenvalue weighted by Crippen LogP contribution is -2.06. The molecule has 102 valence electrons. The van der Waals surface area contributed by atoms with Gasteiger partial charge >= 0.3 is 5.97 Å². The zero-order valence-corrected chi connectivity index (χ0v) is 11.2. The molecule has 1 aromatic rings. The molecule has 0 aliphatic rings. The lowest BCUT2D eigenvalue weighted by Gasteiger charge is -2.02. The van der Waals surface area contributed by atoms with Gasteiger partial charge in [-0.3, -0.25) is 9.59 Å². The number of carbonyl (C=O) groups excluding carboxylic acids is 2. The lowest BCUT2D eigenvalue weighted by molar-refractivity contribution is -0.139. The van der Waals surface area contributed by atoms with Crippen LogP contribution in [0.1, 0.15) is 25.0 Å². The van der Waals surface area contributed by atoms with Gasteiger partial charge in [-0.2, -0.15) is 0 Å². The summed E-state index contributed by atoms with van der Waals surface area (Å²) in [4.78, 5) is 19.4. The van der Waals surface area contributed by atoms with Crippen LogP contribution in [0.15, 0.2) is 18.2 Å². The second-order valence-corrected chi connectivity index (χ2v) is 2.98. The number of nitrogens with two attached hydrogens (primary N) is 1. The van der Waals surface area contributed by atoms with Crippen molar-refractivity contribution in [3.8, 4) is 0 Å². The second-order valence-electron chi connectivity index (χ2n) is 2.98. The number of benzene rings is 1. The highest BCUT2D eigenvalue weighted by Crippen LogP contribution is 2.10. The Balaban J connectivity index is 0. The number of hydrogen-bond acceptors (Lipinski definition) is 3. The van der Waals surface area contributed by atoms with Crippen LogP contribution in [0.2, 0.25) is 0 Å². The minimum Gasteiger partial charge on any atom is -0.469 e. The molecule has 0 atom stereocenters. The molecule has 18 heavy (non-hydrogen) atoms. The molecule has 0 saturated heterocycles. The number of hydrogen-bond donors (Lipinski definition) is 1. The Morgan fingerprint density at radius 2 is 1.94 bits per heavy atom. The molecular weight excluding hydrogens is 237 g/mol. The van der Waals surface area contributed by atoms with E-state index in [0.29, 0.717) is 5.56 Å². The van der Waals surface area contributed by atoms with Crippen molar-refractivity contribution in [2.45, 2.75) is 27.2 Å². The summed E-state index contributed by atoms with van der Waals surface area (Å²) < 4.78 is 17.6. The summed E-state index contributed by atoms with van der Waals surface area (Å²) >= 11 is 0. The Kier molecular flexibility index (Phi) is 11.9. The average molecular weight is 257 g/mol. The third kappa shape index (κ3) is 8.27. The van der Waals surface area contributed by atoms with Gasteiger partial charge in [0, 0.05) is 0 Å². The summed E-state index contributed by atoms with van der Waals surface area (Å²) in [6.07, 6.45) is 0.239. The maximum Gasteiger partial charge on any atom is 0.310 e. The third-order valence-corrected chi connectivity index (χ3v) is 1.77. The Hall–Kier alpha value is -1.91. The number of amides is 1. The first kappa shape index (κ1) is 18.5. The summed E-state index contributed by atoms with van der Waals surface area (Å²) in [6.45, 7) is 5.80. The van der Waals surface area contributed by atoms with Crippen molar-refractivity contribution < 1.29 is 18.7 Å². The Morgan fingerprint density at radius 1 is 1.44 bits per heavy atom. The van der Waals surface area contributed by atoms with Gasteiger partial charge in [-0.05, 0) is 24.1 Å². The fraction of sp³-hybridized carbons (Fsp3) is 0.385. The number of esters is 1. The third-order valence-electron chi connectivity index (χ3n) is 1.77. The molecule has 1 rings (SSSR count). The summed E-state index contributed by atoms with van der Waals surface area (Å²) in [5, 5.41) is 0. The molecule has 0 saturated carbocycles. The van der Waals surface area contributed by atoms with Crippen molar-refractivity contribution >= 4 is 12.4 Å². The van der Waals surface area contributed by atoms with Gasteiger partial charge in [-0.1, -0.05) is 26.0 Å². The van der Waals surface area contributed by atoms with Crippen LogP contribution >= 0.6 is 0 Å². The molecule has 0 bridgehead atoms. The van der Waals surface area contributed by atoms with E-state index in [0.717, 1.165) is 5.56 Å². The first-order chi connectivity index (χ1) is 8.54. The molecule has 1 amide bonds. The molecule has 0 radical (unpaired) electrons. The second kappa shape index (κ2) is 11.6. The molecule has 4 nitrogen and oxygen atoms in total. The Labute approximate surface area is 107 Å². The first-order valence-corrected chi connectivity index (χ1v) is 5.52. The number of aryl methyl sites for hydroxylation is 1. The fourth-order valence-electron chi connectivity index (χ4n) is 1.02. The normalized spacial score (nSPS) is 8.06. The number of primary amides is 1. The molecule has 5 heteroatoms. The van der Waals surface area contributed by atoms with Crippen molar-refractivity contribution in [3.05, 3.63) is 35.1 Å². The maximum atomic E-state index is 13.1. The van der Waals surface area contributed by atoms with E-state index < -0.39 is 5.97 Å². The molecule has 0 aliphatic heterocycles. The van der Waals surface area contributed by atoms with Gasteiger partial charge in [0.2, 0.25) is 6.41 Å². The Morgan fingerprint density at radius 3 is 2.33 bits per heavy atom. The van der Waals surface area contributed by atoms with E-state index in [1.54, 1.807) is 19.1 Å². The van der Waals surface area contributed by atoms with E-state index >= 15 is 0 Å². The smallest absolute Gasteiger partial charge is 0.310 e. The van der Waals surface area contributed by atoms with Crippen LogP contribution in [-0.2, 0) is 20.7 Å². The summed E-state index contributed by atoms with van der Waals surface area (Å²) in [5.41, 5.74) is 5.38. The molecule has 1 aromatic carbocycles. The predicted molar refractivity (Wildman–Crippen MR) is 68.5 cm³/mol. The van der Waals surface area contributed by atoms with Crippen molar-refractivity contribution in [3.63, 3.8) is 0 Å². The van der Waals surface area contributed by atoms with E-state index in [-0.39, 0.29) is 18.6 Å². The van der Waals surface area contributed by atoms with Gasteiger partial charge in [-0.25, -0.2) is 4.39 Å². The predicted octanol–water partition coefficient (Wildman–Crippen LogP) is 1.98. The van der Waals surface area contributed by atoms with Gasteiger partial charge < -0.3 is 10.5 Å². The van der Waals surface area contributed by atoms with Crippen LogP contribution in [0.25, 0.3) is 0 Å². The van der Waals surface area contributed by atoms with Gasteiger partial charge in [-0.15, -0.1) is 0 Å². The minimum absolute atomic E-state index is 0.0113. The standard InChI is InChI=1S/C10H11FO2.C2H6.CH3NO/c1-7-3-4-8(9(11)5-7)6-10(12)13-2;1-2;2-1-3/h3-5H,6H2,1-2H3;1-2H3;1H,(H2,2,3). The van der Waals surface area contributed by atoms with E-state index in [4.69, 9.17) is 4.79 Å². The molecule has 0 aromatic heterocycles. The van der Waals surface area contributed by atoms with Crippen LogP contribution < -0.4 is 5.73 Å². The number of methoxy groups -OCH3 is 1. The quantitative estimate of drug-likeness (QED) is 0.650. The zero-order chi connectivity index (χ0) is 14.6. The van der Waals surface area contributed by atoms with E-state index in [2.05, 4.69) is 10.5 Å². The van der Waals surface area contributed by atoms with Gasteiger partial charge in [0.1, 0.15) is 5.82 Å².